The number of aliphatic hydroxyl groups is 2. The van der Waals surface area contributed by atoms with E-state index in [0.29, 0.717) is 0 Å². The van der Waals surface area contributed by atoms with Crippen LogP contribution in [0.3, 0.4) is 0 Å². The van der Waals surface area contributed by atoms with Crippen molar-refractivity contribution in [3.63, 3.8) is 0 Å². The van der Waals surface area contributed by atoms with Gasteiger partial charge in [-0.2, -0.15) is 0 Å². The average Bonchev–Trinajstić information content (AvgIpc) is 2.02. The van der Waals surface area contributed by atoms with E-state index in [9.17, 15) is 9.59 Å². The molecule has 0 aromatic heterocycles. The lowest BCUT2D eigenvalue weighted by molar-refractivity contribution is -0.160. The fraction of sp³-hybridized carbons (Fsp3) is 0.667. The molecular formula is C6H10O5. The number of carbonyl (C=O) groups is 2. The molecule has 0 bridgehead atoms. The molecule has 11 heavy (non-hydrogen) atoms. The van der Waals surface area contributed by atoms with Gasteiger partial charge in [0.15, 0.2) is 12.4 Å². The summed E-state index contributed by atoms with van der Waals surface area (Å²) in [6.45, 7) is 1.65. The highest BCUT2D eigenvalue weighted by Crippen LogP contribution is 1.93. The van der Waals surface area contributed by atoms with E-state index in [1.807, 2.05) is 0 Å². The number of aliphatic hydroxyl groups excluding tert-OH is 2. The van der Waals surface area contributed by atoms with Crippen LogP contribution in [-0.4, -0.2) is 41.3 Å². The first-order valence-electron chi connectivity index (χ1n) is 3.11. The molecule has 0 saturated carbocycles. The highest BCUT2D eigenvalue weighted by atomic mass is 16.5. The van der Waals surface area contributed by atoms with Crippen molar-refractivity contribution in [1.82, 2.24) is 0 Å². The van der Waals surface area contributed by atoms with Crippen LogP contribution in [0.2, 0.25) is 0 Å². The zero-order valence-corrected chi connectivity index (χ0v) is 6.06. The number of carbonyl (C=O) groups excluding carboxylic acids is 2. The third-order valence-electron chi connectivity index (χ3n) is 0.991. The van der Waals surface area contributed by atoms with Crippen LogP contribution in [0.1, 0.15) is 6.92 Å². The Bertz CT molecular complexity index is 144. The van der Waals surface area contributed by atoms with Crippen molar-refractivity contribution in [3.05, 3.63) is 0 Å². The van der Waals surface area contributed by atoms with Gasteiger partial charge in [-0.1, -0.05) is 0 Å². The Kier molecular flexibility index (Phi) is 4.40. The third kappa shape index (κ3) is 3.10. The van der Waals surface area contributed by atoms with Crippen LogP contribution >= 0.6 is 0 Å². The van der Waals surface area contributed by atoms with Gasteiger partial charge in [0.2, 0.25) is 0 Å². The molecule has 0 heterocycles. The Morgan fingerprint density at radius 3 is 2.55 bits per heavy atom. The zero-order valence-electron chi connectivity index (χ0n) is 6.06. The first kappa shape index (κ1) is 10.1. The minimum absolute atomic E-state index is 0.0710. The smallest absolute Gasteiger partial charge is 0.338 e. The van der Waals surface area contributed by atoms with E-state index in [2.05, 4.69) is 4.74 Å². The first-order chi connectivity index (χ1) is 5.13. The predicted molar refractivity (Wildman–Crippen MR) is 34.7 cm³/mol. The van der Waals surface area contributed by atoms with Gasteiger partial charge in [0, 0.05) is 0 Å². The van der Waals surface area contributed by atoms with Crippen molar-refractivity contribution in [2.75, 3.05) is 6.61 Å². The lowest BCUT2D eigenvalue weighted by Gasteiger charge is -2.10. The quantitative estimate of drug-likeness (QED) is 0.387. The first-order valence-corrected chi connectivity index (χ1v) is 3.11. The summed E-state index contributed by atoms with van der Waals surface area (Å²) in [5.74, 6) is -0.993. The summed E-state index contributed by atoms with van der Waals surface area (Å²) in [6, 6.07) is 0. The molecule has 0 saturated heterocycles. The Morgan fingerprint density at radius 1 is 1.64 bits per heavy atom. The Labute approximate surface area is 63.6 Å². The molecule has 0 aliphatic heterocycles. The molecule has 0 aromatic carbocycles. The second-order valence-corrected chi connectivity index (χ2v) is 1.82. The molecule has 5 nitrogen and oxygen atoms in total. The second-order valence-electron chi connectivity index (χ2n) is 1.82. The minimum Gasteiger partial charge on any atom is -0.464 e. The molecule has 0 unspecified atom stereocenters. The summed E-state index contributed by atoms with van der Waals surface area (Å²) < 4.78 is 4.32. The van der Waals surface area contributed by atoms with Crippen LogP contribution < -0.4 is 0 Å². The van der Waals surface area contributed by atoms with Crippen molar-refractivity contribution in [2.45, 2.75) is 19.1 Å². The van der Waals surface area contributed by atoms with Crippen LogP contribution in [-0.2, 0) is 14.3 Å². The maximum absolute atomic E-state index is 10.6. The van der Waals surface area contributed by atoms with Gasteiger partial charge >= 0.3 is 5.97 Å². The second kappa shape index (κ2) is 4.81. The van der Waals surface area contributed by atoms with E-state index < -0.39 is 18.2 Å². The minimum atomic E-state index is -1.77. The Morgan fingerprint density at radius 2 is 2.18 bits per heavy atom. The van der Waals surface area contributed by atoms with E-state index in [-0.39, 0.29) is 12.9 Å². The highest BCUT2D eigenvalue weighted by molar-refractivity contribution is 5.79. The number of esters is 1. The standard InChI is InChI=1S/C6H10O5/c1-2-11-6(10)5(9)4(8)3-7/h3-5,8-9H,2H2,1H3/t4-,5+/m1/s1. The van der Waals surface area contributed by atoms with Gasteiger partial charge < -0.3 is 19.7 Å². The number of aldehydes is 1. The third-order valence-corrected chi connectivity index (χ3v) is 0.991. The monoisotopic (exact) mass is 162 g/mol. The molecule has 0 rings (SSSR count). The Hall–Kier alpha value is -0.940. The van der Waals surface area contributed by atoms with Gasteiger partial charge in [-0.3, -0.25) is 0 Å². The van der Waals surface area contributed by atoms with Crippen LogP contribution in [0, 0.1) is 0 Å². The molecule has 0 aliphatic carbocycles. The van der Waals surface area contributed by atoms with Crippen molar-refractivity contribution >= 4 is 12.3 Å². The van der Waals surface area contributed by atoms with Crippen molar-refractivity contribution in [2.24, 2.45) is 0 Å². The van der Waals surface area contributed by atoms with Crippen molar-refractivity contribution in [3.8, 4) is 0 Å². The molecule has 2 atom stereocenters. The van der Waals surface area contributed by atoms with Crippen LogP contribution in [0.5, 0.6) is 0 Å². The Balaban J connectivity index is 3.90. The topological polar surface area (TPSA) is 83.8 Å². The lowest BCUT2D eigenvalue weighted by Crippen LogP contribution is -2.36. The molecule has 0 radical (unpaired) electrons. The molecule has 64 valence electrons. The predicted octanol–water partition coefficient (Wildman–Crippen LogP) is -1.53. The van der Waals surface area contributed by atoms with Gasteiger partial charge in [0.25, 0.3) is 0 Å². The largest absolute Gasteiger partial charge is 0.464 e. The molecule has 2 N–H and O–H groups in total. The van der Waals surface area contributed by atoms with Gasteiger partial charge in [-0.25, -0.2) is 4.79 Å². The lowest BCUT2D eigenvalue weighted by atomic mass is 10.2. The number of rotatable bonds is 4. The molecule has 5 heteroatoms. The average molecular weight is 162 g/mol. The normalized spacial score (nSPS) is 15.2. The summed E-state index contributed by atoms with van der Waals surface area (Å²) in [6.07, 6.45) is -3.40. The van der Waals surface area contributed by atoms with Gasteiger partial charge in [-0.15, -0.1) is 0 Å². The fourth-order valence-corrected chi connectivity index (χ4v) is 0.441. The van der Waals surface area contributed by atoms with Crippen LogP contribution in [0.15, 0.2) is 0 Å². The highest BCUT2D eigenvalue weighted by Gasteiger charge is 2.24. The van der Waals surface area contributed by atoms with Gasteiger partial charge in [0.1, 0.15) is 6.10 Å². The van der Waals surface area contributed by atoms with E-state index in [4.69, 9.17) is 10.2 Å². The molecule has 0 aromatic rings. The summed E-state index contributed by atoms with van der Waals surface area (Å²) in [7, 11) is 0. The molecular weight excluding hydrogens is 152 g/mol. The SMILES string of the molecule is CCOC(=O)[C@@H](O)[C@H](O)C=O. The van der Waals surface area contributed by atoms with E-state index >= 15 is 0 Å². The molecule has 0 aliphatic rings. The van der Waals surface area contributed by atoms with Gasteiger partial charge in [-0.05, 0) is 6.92 Å². The summed E-state index contributed by atoms with van der Waals surface area (Å²) in [4.78, 5) is 20.4. The maximum Gasteiger partial charge on any atom is 0.338 e. The van der Waals surface area contributed by atoms with Crippen LogP contribution in [0.25, 0.3) is 0 Å². The fourth-order valence-electron chi connectivity index (χ4n) is 0.441. The zero-order chi connectivity index (χ0) is 8.85. The van der Waals surface area contributed by atoms with Crippen LogP contribution in [0.4, 0.5) is 0 Å². The van der Waals surface area contributed by atoms with E-state index in [1.165, 1.54) is 0 Å². The summed E-state index contributed by atoms with van der Waals surface area (Å²) >= 11 is 0. The number of hydrogen-bond acceptors (Lipinski definition) is 5. The summed E-state index contributed by atoms with van der Waals surface area (Å²) in [5, 5.41) is 17.4. The molecule has 0 fully saturated rings. The molecule has 0 amide bonds. The van der Waals surface area contributed by atoms with Crippen molar-refractivity contribution in [1.29, 1.82) is 0 Å². The van der Waals surface area contributed by atoms with Crippen molar-refractivity contribution < 1.29 is 24.5 Å². The van der Waals surface area contributed by atoms with E-state index in [0.717, 1.165) is 0 Å². The maximum atomic E-state index is 10.6. The molecule has 0 spiro atoms. The number of ether oxygens (including phenoxy) is 1. The van der Waals surface area contributed by atoms with E-state index in [1.54, 1.807) is 6.92 Å². The number of hydrogen-bond donors (Lipinski definition) is 2. The van der Waals surface area contributed by atoms with Gasteiger partial charge in [0.05, 0.1) is 6.61 Å². The summed E-state index contributed by atoms with van der Waals surface area (Å²) in [5.41, 5.74) is 0.